The molecule has 0 aromatic heterocycles. The monoisotopic (exact) mass is 359 g/mol. The molecule has 0 radical (unpaired) electrons. The van der Waals surface area contributed by atoms with Crippen molar-refractivity contribution < 1.29 is 14.3 Å². The zero-order chi connectivity index (χ0) is 17.8. The second-order valence-corrected chi connectivity index (χ2v) is 7.60. The number of likely N-dealkylation sites (tertiary alicyclic amines) is 1. The van der Waals surface area contributed by atoms with Gasteiger partial charge in [0.25, 0.3) is 0 Å². The highest BCUT2D eigenvalue weighted by Gasteiger charge is 2.34. The van der Waals surface area contributed by atoms with Crippen molar-refractivity contribution in [2.45, 2.75) is 44.1 Å². The van der Waals surface area contributed by atoms with Crippen LogP contribution in [-0.4, -0.2) is 73.4 Å². The van der Waals surface area contributed by atoms with Crippen molar-refractivity contribution in [2.75, 3.05) is 39.3 Å². The number of amides is 1. The van der Waals surface area contributed by atoms with Gasteiger partial charge in [0.2, 0.25) is 0 Å². The lowest BCUT2D eigenvalue weighted by molar-refractivity contribution is -0.0278. The van der Waals surface area contributed by atoms with E-state index in [1.54, 1.807) is 4.90 Å². The molecule has 4 rings (SSSR count). The molecule has 3 fully saturated rings. The molecule has 1 N–H and O–H groups in total. The first-order chi connectivity index (χ1) is 12.8. The van der Waals surface area contributed by atoms with Gasteiger partial charge < -0.3 is 19.7 Å². The van der Waals surface area contributed by atoms with Crippen LogP contribution in [-0.2, 0) is 16.1 Å². The summed E-state index contributed by atoms with van der Waals surface area (Å²) in [6.07, 6.45) is 3.76. The lowest BCUT2D eigenvalue weighted by Crippen LogP contribution is -2.50. The summed E-state index contributed by atoms with van der Waals surface area (Å²) >= 11 is 0. The van der Waals surface area contributed by atoms with E-state index in [-0.39, 0.29) is 12.2 Å². The molecule has 26 heavy (non-hydrogen) atoms. The van der Waals surface area contributed by atoms with Crippen molar-refractivity contribution in [1.82, 2.24) is 15.1 Å². The Morgan fingerprint density at radius 3 is 2.81 bits per heavy atom. The number of carbonyl (C=O) groups excluding carboxylic acids is 1. The highest BCUT2D eigenvalue weighted by molar-refractivity contribution is 5.67. The molecule has 3 aliphatic rings. The number of hydrogen-bond donors (Lipinski definition) is 1. The first kappa shape index (κ1) is 17.8. The van der Waals surface area contributed by atoms with Crippen LogP contribution in [0.2, 0.25) is 0 Å². The van der Waals surface area contributed by atoms with Gasteiger partial charge in [-0.1, -0.05) is 30.3 Å². The van der Waals surface area contributed by atoms with Crippen molar-refractivity contribution >= 4 is 6.09 Å². The third-order valence-corrected chi connectivity index (χ3v) is 5.52. The van der Waals surface area contributed by atoms with Gasteiger partial charge in [-0.2, -0.15) is 0 Å². The van der Waals surface area contributed by atoms with E-state index in [9.17, 15) is 4.79 Å². The molecule has 1 amide bonds. The fourth-order valence-electron chi connectivity index (χ4n) is 3.84. The number of carbonyl (C=O) groups is 1. The number of ether oxygens (including phenoxy) is 2. The van der Waals surface area contributed by atoms with Gasteiger partial charge in [0.1, 0.15) is 6.61 Å². The molecule has 1 saturated carbocycles. The minimum Gasteiger partial charge on any atom is -0.445 e. The summed E-state index contributed by atoms with van der Waals surface area (Å²) in [5, 5.41) is 3.64. The summed E-state index contributed by atoms with van der Waals surface area (Å²) in [4.78, 5) is 16.7. The number of morpholine rings is 1. The minimum atomic E-state index is -0.247. The van der Waals surface area contributed by atoms with E-state index in [0.717, 1.165) is 24.7 Å². The Morgan fingerprint density at radius 2 is 2.00 bits per heavy atom. The number of nitrogens with zero attached hydrogens (tertiary/aromatic N) is 2. The molecule has 1 aromatic rings. The van der Waals surface area contributed by atoms with E-state index in [4.69, 9.17) is 9.47 Å². The van der Waals surface area contributed by atoms with Gasteiger partial charge in [-0.25, -0.2) is 4.79 Å². The molecule has 2 aliphatic heterocycles. The Labute approximate surface area is 155 Å². The molecule has 6 heteroatoms. The van der Waals surface area contributed by atoms with Crippen LogP contribution in [0.4, 0.5) is 4.79 Å². The molecule has 1 aromatic carbocycles. The quantitative estimate of drug-likeness (QED) is 0.840. The van der Waals surface area contributed by atoms with Gasteiger partial charge in [-0.05, 0) is 24.8 Å². The normalized spacial score (nSPS) is 26.8. The predicted molar refractivity (Wildman–Crippen MR) is 98.9 cm³/mol. The average molecular weight is 359 g/mol. The number of benzene rings is 1. The van der Waals surface area contributed by atoms with E-state index in [0.29, 0.717) is 32.3 Å². The lowest BCUT2D eigenvalue weighted by Gasteiger charge is -2.33. The molecular formula is C20H29N3O3. The molecule has 2 atom stereocenters. The fourth-order valence-corrected chi connectivity index (χ4v) is 3.84. The van der Waals surface area contributed by atoms with Crippen molar-refractivity contribution in [3.8, 4) is 0 Å². The van der Waals surface area contributed by atoms with E-state index in [1.165, 1.54) is 25.8 Å². The SMILES string of the molecule is O=C(OCc1ccccc1)N1CCOC(CNC2CCN(C3CC3)C2)C1. The van der Waals surface area contributed by atoms with E-state index >= 15 is 0 Å². The largest absolute Gasteiger partial charge is 0.445 e. The second-order valence-electron chi connectivity index (χ2n) is 7.60. The zero-order valence-corrected chi connectivity index (χ0v) is 15.3. The van der Waals surface area contributed by atoms with Crippen LogP contribution in [0.1, 0.15) is 24.8 Å². The Morgan fingerprint density at radius 1 is 1.15 bits per heavy atom. The molecule has 2 heterocycles. The summed E-state index contributed by atoms with van der Waals surface area (Å²) in [6, 6.07) is 11.2. The topological polar surface area (TPSA) is 54.0 Å². The summed E-state index contributed by atoms with van der Waals surface area (Å²) in [7, 11) is 0. The van der Waals surface area contributed by atoms with Crippen molar-refractivity contribution in [3.05, 3.63) is 35.9 Å². The molecular weight excluding hydrogens is 330 g/mol. The number of rotatable bonds is 6. The first-order valence-electron chi connectivity index (χ1n) is 9.82. The lowest BCUT2D eigenvalue weighted by atomic mass is 10.2. The maximum atomic E-state index is 12.3. The maximum Gasteiger partial charge on any atom is 0.410 e. The van der Waals surface area contributed by atoms with Gasteiger partial charge >= 0.3 is 6.09 Å². The summed E-state index contributed by atoms with van der Waals surface area (Å²) < 4.78 is 11.3. The third kappa shape index (κ3) is 4.75. The molecule has 142 valence electrons. The minimum absolute atomic E-state index is 0.0444. The summed E-state index contributed by atoms with van der Waals surface area (Å²) in [6.45, 7) is 5.25. The van der Waals surface area contributed by atoms with Crippen molar-refractivity contribution in [3.63, 3.8) is 0 Å². The maximum absolute atomic E-state index is 12.3. The second kappa shape index (κ2) is 8.37. The number of nitrogens with one attached hydrogen (secondary N) is 1. The van der Waals surface area contributed by atoms with Gasteiger partial charge in [-0.3, -0.25) is 4.90 Å². The molecule has 0 bridgehead atoms. The van der Waals surface area contributed by atoms with Crippen molar-refractivity contribution in [2.24, 2.45) is 0 Å². The summed E-state index contributed by atoms with van der Waals surface area (Å²) in [5.41, 5.74) is 1.01. The van der Waals surface area contributed by atoms with Crippen LogP contribution in [0.5, 0.6) is 0 Å². The fraction of sp³-hybridized carbons (Fsp3) is 0.650. The highest BCUT2D eigenvalue weighted by Crippen LogP contribution is 2.29. The van der Waals surface area contributed by atoms with E-state index in [1.807, 2.05) is 30.3 Å². The summed E-state index contributed by atoms with van der Waals surface area (Å²) in [5.74, 6) is 0. The average Bonchev–Trinajstić information content (AvgIpc) is 3.44. The van der Waals surface area contributed by atoms with Crippen LogP contribution in [0.3, 0.4) is 0 Å². The van der Waals surface area contributed by atoms with Gasteiger partial charge in [0.15, 0.2) is 0 Å². The standard InChI is InChI=1S/C20H29N3O3/c24-20(26-15-16-4-2-1-3-5-16)23-10-11-25-19(14-23)12-21-17-8-9-22(13-17)18-6-7-18/h1-5,17-19,21H,6-15H2. The number of hydrogen-bond acceptors (Lipinski definition) is 5. The Hall–Kier alpha value is -1.63. The zero-order valence-electron chi connectivity index (χ0n) is 15.3. The molecule has 0 spiro atoms. The molecule has 2 saturated heterocycles. The van der Waals surface area contributed by atoms with Crippen LogP contribution in [0.25, 0.3) is 0 Å². The highest BCUT2D eigenvalue weighted by atomic mass is 16.6. The molecule has 2 unspecified atom stereocenters. The van der Waals surface area contributed by atoms with Gasteiger partial charge in [0, 0.05) is 38.3 Å². The molecule has 1 aliphatic carbocycles. The molecule has 6 nitrogen and oxygen atoms in total. The first-order valence-corrected chi connectivity index (χ1v) is 9.82. The van der Waals surface area contributed by atoms with E-state index < -0.39 is 0 Å². The van der Waals surface area contributed by atoms with E-state index in [2.05, 4.69) is 10.2 Å². The Bertz CT molecular complexity index is 593. The van der Waals surface area contributed by atoms with Crippen LogP contribution in [0.15, 0.2) is 30.3 Å². The van der Waals surface area contributed by atoms with Crippen LogP contribution in [0, 0.1) is 0 Å². The van der Waals surface area contributed by atoms with Crippen molar-refractivity contribution in [1.29, 1.82) is 0 Å². The van der Waals surface area contributed by atoms with Crippen LogP contribution < -0.4 is 5.32 Å². The van der Waals surface area contributed by atoms with Gasteiger partial charge in [0.05, 0.1) is 19.3 Å². The Kier molecular flexibility index (Phi) is 5.72. The van der Waals surface area contributed by atoms with Gasteiger partial charge in [-0.15, -0.1) is 0 Å². The predicted octanol–water partition coefficient (Wildman–Crippen LogP) is 1.85. The third-order valence-electron chi connectivity index (χ3n) is 5.52. The smallest absolute Gasteiger partial charge is 0.410 e. The Balaban J connectivity index is 1.18. The van der Waals surface area contributed by atoms with Crippen LogP contribution >= 0.6 is 0 Å².